The minimum absolute atomic E-state index is 0.476. The molecule has 1 aromatic carbocycles. The van der Waals surface area contributed by atoms with Crippen molar-refractivity contribution in [1.82, 2.24) is 0 Å². The van der Waals surface area contributed by atoms with E-state index in [9.17, 15) is 4.79 Å². The molecule has 0 aliphatic carbocycles. The molecule has 20 heavy (non-hydrogen) atoms. The van der Waals surface area contributed by atoms with Crippen LogP contribution in [0.25, 0.3) is 6.08 Å². The van der Waals surface area contributed by atoms with Crippen LogP contribution < -0.4 is 4.74 Å². The molecule has 0 saturated heterocycles. The van der Waals surface area contributed by atoms with Gasteiger partial charge in [-0.2, -0.15) is 0 Å². The van der Waals surface area contributed by atoms with Gasteiger partial charge in [0.15, 0.2) is 0 Å². The van der Waals surface area contributed by atoms with Gasteiger partial charge >= 0.3 is 5.97 Å². The molecule has 0 amide bonds. The number of hydrogen-bond acceptors (Lipinski definition) is 3. The first-order valence-electron chi connectivity index (χ1n) is 6.01. The summed E-state index contributed by atoms with van der Waals surface area (Å²) in [6.45, 7) is 0.560. The maximum atomic E-state index is 10.4. The Kier molecular flexibility index (Phi) is 5.21. The standard InChI is InChI=1S/C15H13ClO3S/c16-13-10-11(4-6-15(17)18)3-5-14(13)19-8-7-12-2-1-9-20-12/h1-6,9-10H,7-8H2,(H,17,18). The van der Waals surface area contributed by atoms with E-state index in [0.717, 1.165) is 18.1 Å². The van der Waals surface area contributed by atoms with E-state index in [4.69, 9.17) is 21.4 Å². The molecule has 0 unspecified atom stereocenters. The normalized spacial score (nSPS) is 10.8. The third-order valence-electron chi connectivity index (χ3n) is 2.56. The van der Waals surface area contributed by atoms with Gasteiger partial charge in [-0.1, -0.05) is 23.7 Å². The molecule has 5 heteroatoms. The summed E-state index contributed by atoms with van der Waals surface area (Å²) in [6.07, 6.45) is 3.40. The number of rotatable bonds is 6. The average Bonchev–Trinajstić information content (AvgIpc) is 2.92. The van der Waals surface area contributed by atoms with E-state index in [1.807, 2.05) is 11.4 Å². The lowest BCUT2D eigenvalue weighted by atomic mass is 10.2. The number of aliphatic carboxylic acids is 1. The molecule has 0 aliphatic heterocycles. The van der Waals surface area contributed by atoms with Crippen LogP contribution in [0.2, 0.25) is 5.02 Å². The maximum absolute atomic E-state index is 10.4. The van der Waals surface area contributed by atoms with Crippen LogP contribution in [0.1, 0.15) is 10.4 Å². The first kappa shape index (κ1) is 14.6. The second-order valence-electron chi connectivity index (χ2n) is 4.04. The topological polar surface area (TPSA) is 46.5 Å². The Balaban J connectivity index is 1.93. The summed E-state index contributed by atoms with van der Waals surface area (Å²) >= 11 is 7.80. The second-order valence-corrected chi connectivity index (χ2v) is 5.48. The predicted molar refractivity (Wildman–Crippen MR) is 81.6 cm³/mol. The summed E-state index contributed by atoms with van der Waals surface area (Å²) in [5.74, 6) is -0.381. The molecule has 3 nitrogen and oxygen atoms in total. The Bertz CT molecular complexity index is 606. The van der Waals surface area contributed by atoms with Crippen LogP contribution in [0.3, 0.4) is 0 Å². The molecule has 0 spiro atoms. The summed E-state index contributed by atoms with van der Waals surface area (Å²) < 4.78 is 5.62. The van der Waals surface area contributed by atoms with E-state index < -0.39 is 5.97 Å². The largest absolute Gasteiger partial charge is 0.492 e. The van der Waals surface area contributed by atoms with Crippen molar-refractivity contribution in [3.8, 4) is 5.75 Å². The second kappa shape index (κ2) is 7.12. The minimum atomic E-state index is -0.989. The number of hydrogen-bond donors (Lipinski definition) is 1. The van der Waals surface area contributed by atoms with Crippen molar-refractivity contribution in [2.75, 3.05) is 6.61 Å². The fraction of sp³-hybridized carbons (Fsp3) is 0.133. The highest BCUT2D eigenvalue weighted by molar-refractivity contribution is 7.09. The lowest BCUT2D eigenvalue weighted by molar-refractivity contribution is -0.131. The molecule has 0 radical (unpaired) electrons. The fourth-order valence-corrected chi connectivity index (χ4v) is 2.56. The molecule has 2 rings (SSSR count). The molecule has 1 heterocycles. The van der Waals surface area contributed by atoms with E-state index in [1.54, 1.807) is 29.5 Å². The number of carboxylic acids is 1. The van der Waals surface area contributed by atoms with Gasteiger partial charge in [-0.15, -0.1) is 11.3 Å². The molecular weight excluding hydrogens is 296 g/mol. The zero-order valence-corrected chi connectivity index (χ0v) is 12.2. The zero-order chi connectivity index (χ0) is 14.4. The van der Waals surface area contributed by atoms with E-state index in [-0.39, 0.29) is 0 Å². The van der Waals surface area contributed by atoms with Crippen LogP contribution in [-0.2, 0) is 11.2 Å². The Morgan fingerprint density at radius 2 is 2.25 bits per heavy atom. The highest BCUT2D eigenvalue weighted by Crippen LogP contribution is 2.26. The number of halogens is 1. The summed E-state index contributed by atoms with van der Waals surface area (Å²) in [7, 11) is 0. The molecule has 1 N–H and O–H groups in total. The highest BCUT2D eigenvalue weighted by Gasteiger charge is 2.03. The number of ether oxygens (including phenoxy) is 1. The molecule has 0 saturated carbocycles. The molecule has 0 aliphatic rings. The van der Waals surface area contributed by atoms with Crippen molar-refractivity contribution in [1.29, 1.82) is 0 Å². The summed E-state index contributed by atoms with van der Waals surface area (Å²) in [6, 6.07) is 9.28. The van der Waals surface area contributed by atoms with Gasteiger partial charge in [0.1, 0.15) is 5.75 Å². The summed E-state index contributed by atoms with van der Waals surface area (Å²) in [5, 5.41) is 11.1. The molecule has 0 bridgehead atoms. The van der Waals surface area contributed by atoms with Crippen molar-refractivity contribution in [3.05, 3.63) is 57.3 Å². The van der Waals surface area contributed by atoms with Gasteiger partial charge in [0.05, 0.1) is 11.6 Å². The number of benzene rings is 1. The monoisotopic (exact) mass is 308 g/mol. The predicted octanol–water partition coefficient (Wildman–Crippen LogP) is 4.12. The van der Waals surface area contributed by atoms with Gasteiger partial charge in [-0.25, -0.2) is 4.79 Å². The Morgan fingerprint density at radius 3 is 2.90 bits per heavy atom. The lowest BCUT2D eigenvalue weighted by Gasteiger charge is -2.08. The van der Waals surface area contributed by atoms with Crippen LogP contribution in [0.4, 0.5) is 0 Å². The molecule has 104 valence electrons. The van der Waals surface area contributed by atoms with Crippen LogP contribution in [0.15, 0.2) is 41.8 Å². The Morgan fingerprint density at radius 1 is 1.40 bits per heavy atom. The number of carboxylic acid groups (broad SMARTS) is 1. The lowest BCUT2D eigenvalue weighted by Crippen LogP contribution is -2.00. The molecule has 0 atom stereocenters. The Labute approximate surface area is 126 Å². The van der Waals surface area contributed by atoms with Crippen LogP contribution in [0, 0.1) is 0 Å². The van der Waals surface area contributed by atoms with E-state index >= 15 is 0 Å². The Hall–Kier alpha value is -1.78. The van der Waals surface area contributed by atoms with Crippen LogP contribution in [0.5, 0.6) is 5.75 Å². The first-order valence-corrected chi connectivity index (χ1v) is 7.26. The van der Waals surface area contributed by atoms with Crippen molar-refractivity contribution in [2.45, 2.75) is 6.42 Å². The van der Waals surface area contributed by atoms with Crippen molar-refractivity contribution in [3.63, 3.8) is 0 Å². The van der Waals surface area contributed by atoms with Crippen LogP contribution in [-0.4, -0.2) is 17.7 Å². The molecule has 1 aromatic heterocycles. The van der Waals surface area contributed by atoms with Crippen molar-refractivity contribution >= 4 is 35.0 Å². The van der Waals surface area contributed by atoms with Gasteiger partial charge in [0.25, 0.3) is 0 Å². The van der Waals surface area contributed by atoms with E-state index in [2.05, 4.69) is 6.07 Å². The number of thiophene rings is 1. The van der Waals surface area contributed by atoms with Gasteiger partial charge < -0.3 is 9.84 Å². The maximum Gasteiger partial charge on any atom is 0.328 e. The van der Waals surface area contributed by atoms with Gasteiger partial charge in [0, 0.05) is 17.4 Å². The molecule has 0 fully saturated rings. The number of carbonyl (C=O) groups is 1. The molecular formula is C15H13ClO3S. The first-order chi connectivity index (χ1) is 9.65. The highest BCUT2D eigenvalue weighted by atomic mass is 35.5. The van der Waals surface area contributed by atoms with Gasteiger partial charge in [0.2, 0.25) is 0 Å². The van der Waals surface area contributed by atoms with E-state index in [0.29, 0.717) is 17.4 Å². The van der Waals surface area contributed by atoms with Crippen molar-refractivity contribution < 1.29 is 14.6 Å². The van der Waals surface area contributed by atoms with Gasteiger partial charge in [-0.05, 0) is 35.2 Å². The average molecular weight is 309 g/mol. The smallest absolute Gasteiger partial charge is 0.328 e. The fourth-order valence-electron chi connectivity index (χ4n) is 1.62. The summed E-state index contributed by atoms with van der Waals surface area (Å²) in [4.78, 5) is 11.7. The minimum Gasteiger partial charge on any atom is -0.492 e. The molecule has 2 aromatic rings. The van der Waals surface area contributed by atoms with Crippen LogP contribution >= 0.6 is 22.9 Å². The third-order valence-corrected chi connectivity index (χ3v) is 3.79. The summed E-state index contributed by atoms with van der Waals surface area (Å²) in [5.41, 5.74) is 0.725. The van der Waals surface area contributed by atoms with E-state index in [1.165, 1.54) is 11.0 Å². The van der Waals surface area contributed by atoms with Gasteiger partial charge in [-0.3, -0.25) is 0 Å². The zero-order valence-electron chi connectivity index (χ0n) is 10.6. The quantitative estimate of drug-likeness (QED) is 0.816. The SMILES string of the molecule is O=C(O)C=Cc1ccc(OCCc2cccs2)c(Cl)c1. The van der Waals surface area contributed by atoms with Crippen molar-refractivity contribution in [2.24, 2.45) is 0 Å². The third kappa shape index (κ3) is 4.40.